The van der Waals surface area contributed by atoms with Gasteiger partial charge in [0.2, 0.25) is 5.75 Å². The Kier molecular flexibility index (Phi) is 9.28. The van der Waals surface area contributed by atoms with Crippen molar-refractivity contribution in [1.29, 1.82) is 0 Å². The molecule has 1 amide bonds. The zero-order valence-electron chi connectivity index (χ0n) is 25.2. The molecule has 0 aliphatic carbocycles. The molecule has 46 heavy (non-hydrogen) atoms. The Morgan fingerprint density at radius 1 is 0.891 bits per heavy atom. The Labute approximate surface area is 260 Å². The lowest BCUT2D eigenvalue weighted by Crippen LogP contribution is -2.40. The third-order valence-electron chi connectivity index (χ3n) is 6.80. The molecule has 0 saturated carbocycles. The van der Waals surface area contributed by atoms with Crippen LogP contribution in [0.5, 0.6) is 28.7 Å². The van der Waals surface area contributed by atoms with Crippen LogP contribution >= 0.6 is 0 Å². The Morgan fingerprint density at radius 3 is 2.28 bits per heavy atom. The van der Waals surface area contributed by atoms with Crippen LogP contribution in [-0.2, 0) is 6.54 Å². The van der Waals surface area contributed by atoms with Gasteiger partial charge in [-0.05, 0) is 62.6 Å². The van der Waals surface area contributed by atoms with E-state index in [1.54, 1.807) is 32.3 Å². The molecule has 5 rings (SSSR count). The second-order valence-corrected chi connectivity index (χ2v) is 10.2. The lowest BCUT2D eigenvalue weighted by Gasteiger charge is -2.15. The molecular formula is C32H29F2N5O7. The highest BCUT2D eigenvalue weighted by Gasteiger charge is 2.19. The summed E-state index contributed by atoms with van der Waals surface area (Å²) in [6.45, 7) is 0.586. The van der Waals surface area contributed by atoms with Gasteiger partial charge in [-0.25, -0.2) is 22.9 Å². The summed E-state index contributed by atoms with van der Waals surface area (Å²) in [6, 6.07) is 13.3. The number of methoxy groups -OCH3 is 2. The maximum absolute atomic E-state index is 15.2. The number of benzene rings is 3. The molecule has 0 aliphatic rings. The summed E-state index contributed by atoms with van der Waals surface area (Å²) < 4.78 is 52.4. The molecule has 0 spiro atoms. The maximum atomic E-state index is 15.2. The van der Waals surface area contributed by atoms with Crippen molar-refractivity contribution < 1.29 is 32.5 Å². The minimum atomic E-state index is -1.12. The first kappa shape index (κ1) is 31.7. The number of nitrogens with zero attached hydrogens (tertiary/aromatic N) is 4. The van der Waals surface area contributed by atoms with Gasteiger partial charge < -0.3 is 23.8 Å². The van der Waals surface area contributed by atoms with Crippen molar-refractivity contribution in [3.8, 4) is 34.4 Å². The number of hydrogen-bond donors (Lipinski definition) is 1. The Morgan fingerprint density at radius 2 is 1.61 bits per heavy atom. The molecular weight excluding hydrogens is 604 g/mol. The molecule has 0 atom stereocenters. The number of likely N-dealkylation sites (N-methyl/N-ethyl adjacent to an activating group) is 1. The number of nitrogens with one attached hydrogen (secondary N) is 1. The summed E-state index contributed by atoms with van der Waals surface area (Å²) in [4.78, 5) is 45.3. The van der Waals surface area contributed by atoms with Crippen LogP contribution in [0.15, 0.2) is 82.6 Å². The van der Waals surface area contributed by atoms with Gasteiger partial charge in [0, 0.05) is 42.5 Å². The first-order chi connectivity index (χ1) is 22.1. The molecule has 0 saturated heterocycles. The van der Waals surface area contributed by atoms with Gasteiger partial charge in [0.05, 0.1) is 31.6 Å². The monoisotopic (exact) mass is 633 g/mol. The van der Waals surface area contributed by atoms with Crippen molar-refractivity contribution in [2.75, 3.05) is 40.2 Å². The van der Waals surface area contributed by atoms with Crippen molar-refractivity contribution in [1.82, 2.24) is 19.0 Å². The van der Waals surface area contributed by atoms with Gasteiger partial charge in [-0.15, -0.1) is 0 Å². The second kappa shape index (κ2) is 13.5. The number of halogens is 2. The molecule has 5 aromatic rings. The Hall–Kier alpha value is -5.76. The zero-order chi connectivity index (χ0) is 33.0. The molecule has 0 fully saturated rings. The molecule has 0 bridgehead atoms. The molecule has 14 heteroatoms. The van der Waals surface area contributed by atoms with Crippen LogP contribution in [0.4, 0.5) is 19.3 Å². The fourth-order valence-electron chi connectivity index (χ4n) is 4.49. The summed E-state index contributed by atoms with van der Waals surface area (Å²) in [5.74, 6) is -0.784. The molecule has 2 aromatic heterocycles. The lowest BCUT2D eigenvalue weighted by molar-refractivity contribution is 0.213. The summed E-state index contributed by atoms with van der Waals surface area (Å²) >= 11 is 0. The normalized spacial score (nSPS) is 11.0. The van der Waals surface area contributed by atoms with Crippen LogP contribution in [0.25, 0.3) is 16.6 Å². The van der Waals surface area contributed by atoms with Crippen molar-refractivity contribution in [2.24, 2.45) is 0 Å². The van der Waals surface area contributed by atoms with Gasteiger partial charge in [0.25, 0.3) is 0 Å². The molecule has 1 N–H and O–H groups in total. The maximum Gasteiger partial charge on any atom is 0.417 e. The third-order valence-corrected chi connectivity index (χ3v) is 6.80. The van der Waals surface area contributed by atoms with Crippen LogP contribution in [-0.4, -0.2) is 60.0 Å². The fraction of sp³-hybridized carbons (Fsp3) is 0.188. The number of hydrogen-bond acceptors (Lipinski definition) is 9. The predicted molar refractivity (Wildman–Crippen MR) is 166 cm³/mol. The average molecular weight is 634 g/mol. The van der Waals surface area contributed by atoms with E-state index in [1.807, 2.05) is 4.90 Å². The molecule has 12 nitrogen and oxygen atoms in total. The first-order valence-corrected chi connectivity index (χ1v) is 13.8. The van der Waals surface area contributed by atoms with E-state index in [1.165, 1.54) is 49.2 Å². The number of rotatable bonds is 10. The standard InChI is InChI=1S/C32H29F2N5O7/c1-37(2)13-14-38-18-29(30(40)39(32(38)42)21-8-5-19(33)6-9-21)46-31(41)36-20-7-10-26(23(34)15-20)45-25-11-12-35-24-17-28(44-4)27(43-3)16-22(24)25/h5-12,15-18H,13-14H2,1-4H3,(H,36,41). The predicted octanol–water partition coefficient (Wildman–Crippen LogP) is 4.81. The topological polar surface area (TPSA) is 126 Å². The molecule has 2 heterocycles. The molecule has 0 unspecified atom stereocenters. The summed E-state index contributed by atoms with van der Waals surface area (Å²) in [6.07, 6.45) is 1.51. The Bertz CT molecular complexity index is 2030. The highest BCUT2D eigenvalue weighted by molar-refractivity contribution is 5.88. The minimum absolute atomic E-state index is 0.000585. The smallest absolute Gasteiger partial charge is 0.417 e. The number of carbonyl (C=O) groups is 1. The van der Waals surface area contributed by atoms with Crippen LogP contribution in [0.2, 0.25) is 0 Å². The zero-order valence-corrected chi connectivity index (χ0v) is 25.2. The van der Waals surface area contributed by atoms with E-state index < -0.39 is 34.7 Å². The molecule has 0 radical (unpaired) electrons. The van der Waals surface area contributed by atoms with Crippen molar-refractivity contribution in [3.05, 3.63) is 106 Å². The highest BCUT2D eigenvalue weighted by Crippen LogP contribution is 2.37. The fourth-order valence-corrected chi connectivity index (χ4v) is 4.49. The lowest BCUT2D eigenvalue weighted by atomic mass is 10.2. The van der Waals surface area contributed by atoms with E-state index in [0.29, 0.717) is 34.7 Å². The van der Waals surface area contributed by atoms with E-state index in [-0.39, 0.29) is 23.7 Å². The number of pyridine rings is 1. The van der Waals surface area contributed by atoms with E-state index >= 15 is 4.39 Å². The molecule has 3 aromatic carbocycles. The second-order valence-electron chi connectivity index (χ2n) is 10.2. The van der Waals surface area contributed by atoms with Gasteiger partial charge in [0.1, 0.15) is 11.6 Å². The van der Waals surface area contributed by atoms with E-state index in [4.69, 9.17) is 18.9 Å². The molecule has 238 valence electrons. The van der Waals surface area contributed by atoms with Gasteiger partial charge in [-0.3, -0.25) is 19.7 Å². The minimum Gasteiger partial charge on any atom is -0.493 e. The highest BCUT2D eigenvalue weighted by atomic mass is 19.1. The van der Waals surface area contributed by atoms with Gasteiger partial charge in [0.15, 0.2) is 23.1 Å². The van der Waals surface area contributed by atoms with E-state index in [2.05, 4.69) is 10.3 Å². The molecule has 0 aliphatic heterocycles. The SMILES string of the molecule is COc1cc2nccc(Oc3ccc(NC(=O)Oc4cn(CCN(C)C)c(=O)n(-c5ccc(F)cc5)c4=O)cc3F)c2cc1OC. The Balaban J connectivity index is 1.38. The average Bonchev–Trinajstić information content (AvgIpc) is 3.03. The van der Waals surface area contributed by atoms with Crippen LogP contribution in [0, 0.1) is 11.6 Å². The van der Waals surface area contributed by atoms with Crippen molar-refractivity contribution >= 4 is 22.7 Å². The largest absolute Gasteiger partial charge is 0.493 e. The number of ether oxygens (including phenoxy) is 4. The van der Waals surface area contributed by atoms with Crippen LogP contribution < -0.4 is 35.5 Å². The van der Waals surface area contributed by atoms with Crippen molar-refractivity contribution in [3.63, 3.8) is 0 Å². The van der Waals surface area contributed by atoms with E-state index in [0.717, 1.165) is 29.0 Å². The van der Waals surface area contributed by atoms with Gasteiger partial charge >= 0.3 is 17.3 Å². The van der Waals surface area contributed by atoms with Crippen LogP contribution in [0.3, 0.4) is 0 Å². The number of anilines is 1. The number of amides is 1. The number of fused-ring (bicyclic) bond motifs is 1. The quantitative estimate of drug-likeness (QED) is 0.231. The van der Waals surface area contributed by atoms with E-state index in [9.17, 15) is 18.8 Å². The van der Waals surface area contributed by atoms with Gasteiger partial charge in [-0.1, -0.05) is 0 Å². The van der Waals surface area contributed by atoms with Gasteiger partial charge in [-0.2, -0.15) is 0 Å². The third kappa shape index (κ3) is 6.81. The van der Waals surface area contributed by atoms with Crippen molar-refractivity contribution in [2.45, 2.75) is 6.54 Å². The number of aromatic nitrogens is 3. The summed E-state index contributed by atoms with van der Waals surface area (Å²) in [5.41, 5.74) is -1.04. The first-order valence-electron chi connectivity index (χ1n) is 13.8. The van der Waals surface area contributed by atoms with Crippen LogP contribution in [0.1, 0.15) is 0 Å². The number of carbonyl (C=O) groups excluding carboxylic acids is 1. The summed E-state index contributed by atoms with van der Waals surface area (Å²) in [7, 11) is 6.59. The summed E-state index contributed by atoms with van der Waals surface area (Å²) in [5, 5.41) is 2.91.